The van der Waals surface area contributed by atoms with Gasteiger partial charge in [-0.1, -0.05) is 6.42 Å². The van der Waals surface area contributed by atoms with Crippen molar-refractivity contribution in [1.82, 2.24) is 19.2 Å². The van der Waals surface area contributed by atoms with Crippen LogP contribution >= 0.6 is 12.2 Å². The molecule has 1 aliphatic rings. The molecule has 0 bridgehead atoms. The fourth-order valence-electron chi connectivity index (χ4n) is 2.43. The molecule has 0 aromatic carbocycles. The molecule has 0 amide bonds. The first-order chi connectivity index (χ1) is 7.59. The van der Waals surface area contributed by atoms with Gasteiger partial charge in [0.25, 0.3) is 0 Å². The van der Waals surface area contributed by atoms with Gasteiger partial charge in [0.1, 0.15) is 6.33 Å². The largest absolute Gasteiger partial charge is 0.310 e. The fraction of sp³-hybridized carbons (Fsp3) is 0.818. The molecule has 2 rings (SSSR count). The molecule has 16 heavy (non-hydrogen) atoms. The summed E-state index contributed by atoms with van der Waals surface area (Å²) in [5, 5.41) is 4.31. The Bertz CT molecular complexity index is 398. The highest BCUT2D eigenvalue weighted by molar-refractivity contribution is 7.71. The van der Waals surface area contributed by atoms with Crippen LogP contribution in [0.1, 0.15) is 33.1 Å². The first-order valence-electron chi connectivity index (χ1n) is 5.93. The average Bonchev–Trinajstić information content (AvgIpc) is 2.55. The van der Waals surface area contributed by atoms with Crippen molar-refractivity contribution >= 4 is 12.2 Å². The molecule has 0 radical (unpaired) electrons. The molecule has 4 nitrogen and oxygen atoms in total. The van der Waals surface area contributed by atoms with E-state index in [9.17, 15) is 0 Å². The monoisotopic (exact) mass is 240 g/mol. The summed E-state index contributed by atoms with van der Waals surface area (Å²) >= 11 is 5.31. The van der Waals surface area contributed by atoms with Crippen molar-refractivity contribution in [2.45, 2.75) is 51.9 Å². The van der Waals surface area contributed by atoms with E-state index in [0.717, 1.165) is 11.4 Å². The topological polar surface area (TPSA) is 26.0 Å². The summed E-state index contributed by atoms with van der Waals surface area (Å²) in [6.07, 6.45) is 5.68. The zero-order chi connectivity index (χ0) is 11.7. The highest BCUT2D eigenvalue weighted by atomic mass is 32.1. The minimum atomic E-state index is 0.632. The first-order valence-corrected chi connectivity index (χ1v) is 6.34. The number of aromatic nitrogens is 3. The van der Waals surface area contributed by atoms with Gasteiger partial charge in [-0.15, -0.1) is 0 Å². The number of hydrogen-bond donors (Lipinski definition) is 0. The summed E-state index contributed by atoms with van der Waals surface area (Å²) in [6, 6.07) is 1.26. The third kappa shape index (κ3) is 2.20. The maximum absolute atomic E-state index is 5.31. The Kier molecular flexibility index (Phi) is 3.44. The normalized spacial score (nSPS) is 27.2. The standard InChI is InChI=1S/C11H20N4S/c1-9-5-4-6-10(2)14(9)8-15-11(16)13(3)7-12-15/h7,9-10H,4-6,8H2,1-3H3/t9-,10-/m1/s1. The van der Waals surface area contributed by atoms with Gasteiger partial charge in [-0.25, -0.2) is 4.68 Å². The predicted octanol–water partition coefficient (Wildman–Crippen LogP) is 2.17. The van der Waals surface area contributed by atoms with Gasteiger partial charge in [0.15, 0.2) is 4.77 Å². The van der Waals surface area contributed by atoms with Crippen molar-refractivity contribution in [1.29, 1.82) is 0 Å². The molecule has 5 heteroatoms. The van der Waals surface area contributed by atoms with Gasteiger partial charge in [0.2, 0.25) is 0 Å². The van der Waals surface area contributed by atoms with Crippen LogP contribution in [-0.4, -0.2) is 31.3 Å². The van der Waals surface area contributed by atoms with Gasteiger partial charge in [-0.3, -0.25) is 4.90 Å². The lowest BCUT2D eigenvalue weighted by atomic mass is 9.98. The summed E-state index contributed by atoms with van der Waals surface area (Å²) in [7, 11) is 1.94. The fourth-order valence-corrected chi connectivity index (χ4v) is 2.58. The van der Waals surface area contributed by atoms with Crippen molar-refractivity contribution in [2.24, 2.45) is 7.05 Å². The van der Waals surface area contributed by atoms with E-state index in [1.54, 1.807) is 6.33 Å². The van der Waals surface area contributed by atoms with Gasteiger partial charge in [-0.2, -0.15) is 5.10 Å². The second-order valence-electron chi connectivity index (χ2n) is 4.81. The molecule has 1 aromatic rings. The number of aryl methyl sites for hydroxylation is 1. The molecular weight excluding hydrogens is 220 g/mol. The van der Waals surface area contributed by atoms with Crippen LogP contribution in [0, 0.1) is 4.77 Å². The van der Waals surface area contributed by atoms with E-state index in [0.29, 0.717) is 12.1 Å². The van der Waals surface area contributed by atoms with E-state index in [4.69, 9.17) is 12.2 Å². The second-order valence-corrected chi connectivity index (χ2v) is 5.17. The third-order valence-corrected chi connectivity index (χ3v) is 4.06. The quantitative estimate of drug-likeness (QED) is 0.741. The van der Waals surface area contributed by atoms with Crippen LogP contribution in [0.2, 0.25) is 0 Å². The number of nitrogens with zero attached hydrogens (tertiary/aromatic N) is 4. The maximum Gasteiger partial charge on any atom is 0.198 e. The Balaban J connectivity index is 2.14. The van der Waals surface area contributed by atoms with Crippen molar-refractivity contribution < 1.29 is 0 Å². The van der Waals surface area contributed by atoms with Gasteiger partial charge < -0.3 is 4.57 Å². The van der Waals surface area contributed by atoms with Gasteiger partial charge in [0.05, 0.1) is 6.67 Å². The molecule has 1 aromatic heterocycles. The zero-order valence-corrected chi connectivity index (χ0v) is 11.1. The van der Waals surface area contributed by atoms with E-state index in [2.05, 4.69) is 23.8 Å². The Labute approximate surface area is 102 Å². The average molecular weight is 240 g/mol. The molecule has 0 N–H and O–H groups in total. The number of likely N-dealkylation sites (tertiary alicyclic amines) is 1. The van der Waals surface area contributed by atoms with Crippen LogP contribution in [0.5, 0.6) is 0 Å². The zero-order valence-electron chi connectivity index (χ0n) is 10.3. The molecule has 1 saturated heterocycles. The Hall–Kier alpha value is -0.680. The summed E-state index contributed by atoms with van der Waals surface area (Å²) in [5.41, 5.74) is 0. The first kappa shape index (κ1) is 11.8. The Morgan fingerprint density at radius 3 is 2.50 bits per heavy atom. The lowest BCUT2D eigenvalue weighted by Crippen LogP contribution is -2.44. The van der Waals surface area contributed by atoms with Crippen molar-refractivity contribution in [2.75, 3.05) is 0 Å². The summed E-state index contributed by atoms with van der Waals surface area (Å²) in [4.78, 5) is 2.49. The molecule has 0 spiro atoms. The predicted molar refractivity (Wildman–Crippen MR) is 66.6 cm³/mol. The number of piperidine rings is 1. The third-order valence-electron chi connectivity index (χ3n) is 3.56. The highest BCUT2D eigenvalue weighted by Gasteiger charge is 2.25. The van der Waals surface area contributed by atoms with Gasteiger partial charge >= 0.3 is 0 Å². The van der Waals surface area contributed by atoms with Gasteiger partial charge in [0, 0.05) is 19.1 Å². The van der Waals surface area contributed by atoms with E-state index in [1.807, 2.05) is 16.3 Å². The molecule has 90 valence electrons. The Morgan fingerprint density at radius 1 is 1.38 bits per heavy atom. The van der Waals surface area contributed by atoms with Crippen LogP contribution in [0.25, 0.3) is 0 Å². The van der Waals surface area contributed by atoms with Crippen LogP contribution in [0.4, 0.5) is 0 Å². The van der Waals surface area contributed by atoms with E-state index >= 15 is 0 Å². The van der Waals surface area contributed by atoms with Crippen molar-refractivity contribution in [3.05, 3.63) is 11.1 Å². The molecule has 1 aliphatic heterocycles. The van der Waals surface area contributed by atoms with E-state index in [1.165, 1.54) is 19.3 Å². The van der Waals surface area contributed by atoms with Crippen LogP contribution in [0.3, 0.4) is 0 Å². The molecule has 1 fully saturated rings. The number of hydrogen-bond acceptors (Lipinski definition) is 3. The van der Waals surface area contributed by atoms with Crippen LogP contribution < -0.4 is 0 Å². The molecule has 0 unspecified atom stereocenters. The van der Waals surface area contributed by atoms with E-state index in [-0.39, 0.29) is 0 Å². The summed E-state index contributed by atoms with van der Waals surface area (Å²) < 4.78 is 4.59. The van der Waals surface area contributed by atoms with Crippen LogP contribution in [0.15, 0.2) is 6.33 Å². The maximum atomic E-state index is 5.31. The van der Waals surface area contributed by atoms with Crippen molar-refractivity contribution in [3.8, 4) is 0 Å². The minimum Gasteiger partial charge on any atom is -0.310 e. The smallest absolute Gasteiger partial charge is 0.198 e. The van der Waals surface area contributed by atoms with Gasteiger partial charge in [-0.05, 0) is 38.9 Å². The lowest BCUT2D eigenvalue weighted by molar-refractivity contribution is 0.0634. The molecule has 2 heterocycles. The van der Waals surface area contributed by atoms with Crippen molar-refractivity contribution in [3.63, 3.8) is 0 Å². The molecular formula is C11H20N4S. The minimum absolute atomic E-state index is 0.632. The van der Waals surface area contributed by atoms with Crippen LogP contribution in [-0.2, 0) is 13.7 Å². The number of rotatable bonds is 2. The Morgan fingerprint density at radius 2 is 2.00 bits per heavy atom. The molecule has 2 atom stereocenters. The SMILES string of the molecule is C[C@@H]1CCC[C@@H](C)N1Cn1ncn(C)c1=S. The molecule has 0 saturated carbocycles. The second kappa shape index (κ2) is 4.67. The highest BCUT2D eigenvalue weighted by Crippen LogP contribution is 2.22. The molecule has 0 aliphatic carbocycles. The van der Waals surface area contributed by atoms with E-state index < -0.39 is 0 Å². The summed E-state index contributed by atoms with van der Waals surface area (Å²) in [5.74, 6) is 0. The summed E-state index contributed by atoms with van der Waals surface area (Å²) in [6.45, 7) is 5.41. The lowest BCUT2D eigenvalue weighted by Gasteiger charge is -2.38.